The zero-order valence-corrected chi connectivity index (χ0v) is 18.9. The quantitative estimate of drug-likeness (QED) is 0.380. The van der Waals surface area contributed by atoms with Crippen LogP contribution < -0.4 is 10.1 Å². The highest BCUT2D eigenvalue weighted by atomic mass is 16.5. The maximum atomic E-state index is 13.0. The lowest BCUT2D eigenvalue weighted by molar-refractivity contribution is 0.199. The Labute approximate surface area is 193 Å². The number of carbonyl (C=O) groups is 1. The van der Waals surface area contributed by atoms with Gasteiger partial charge in [0.2, 0.25) is 5.89 Å². The van der Waals surface area contributed by atoms with Gasteiger partial charge in [-0.3, -0.25) is 0 Å². The normalized spacial score (nSPS) is 15.7. The summed E-state index contributed by atoms with van der Waals surface area (Å²) in [6, 6.07) is 21.5. The predicted molar refractivity (Wildman–Crippen MR) is 129 cm³/mol. The van der Waals surface area contributed by atoms with Crippen molar-refractivity contribution in [3.63, 3.8) is 0 Å². The fourth-order valence-electron chi connectivity index (χ4n) is 4.42. The molecule has 1 atom stereocenters. The number of likely N-dealkylation sites (tertiary alicyclic amines) is 1. The Kier molecular flexibility index (Phi) is 5.73. The van der Waals surface area contributed by atoms with E-state index in [1.807, 2.05) is 54.3 Å². The number of rotatable bonds is 5. The van der Waals surface area contributed by atoms with Crippen molar-refractivity contribution in [1.29, 1.82) is 0 Å². The van der Waals surface area contributed by atoms with E-state index in [0.717, 1.165) is 40.9 Å². The number of nitrogens with zero attached hydrogens (tertiary/aromatic N) is 2. The van der Waals surface area contributed by atoms with Crippen molar-refractivity contribution in [3.05, 3.63) is 78.2 Å². The molecule has 0 spiro atoms. The minimum atomic E-state index is -0.179. The number of urea groups is 1. The van der Waals surface area contributed by atoms with Gasteiger partial charge in [0.05, 0.1) is 6.61 Å². The Morgan fingerprint density at radius 3 is 2.76 bits per heavy atom. The van der Waals surface area contributed by atoms with Crippen LogP contribution in [0.2, 0.25) is 0 Å². The Balaban J connectivity index is 1.36. The van der Waals surface area contributed by atoms with Crippen molar-refractivity contribution in [2.75, 3.05) is 18.5 Å². The van der Waals surface area contributed by atoms with Gasteiger partial charge in [-0.1, -0.05) is 30.3 Å². The number of oxazole rings is 1. The number of hydrogen-bond acceptors (Lipinski definition) is 4. The van der Waals surface area contributed by atoms with Crippen molar-refractivity contribution in [3.8, 4) is 16.9 Å². The SMILES string of the molecule is CCOc1ccc(NC(=O)N2CCC[C@H]2c2nc3cc(-c4ccccc4C)ccc3o2)cc1. The smallest absolute Gasteiger partial charge is 0.322 e. The summed E-state index contributed by atoms with van der Waals surface area (Å²) in [7, 11) is 0. The summed E-state index contributed by atoms with van der Waals surface area (Å²) in [5.41, 5.74) is 5.78. The Bertz CT molecular complexity index is 1280. The Morgan fingerprint density at radius 2 is 1.97 bits per heavy atom. The summed E-state index contributed by atoms with van der Waals surface area (Å²) in [5, 5.41) is 2.99. The summed E-state index contributed by atoms with van der Waals surface area (Å²) in [6.07, 6.45) is 1.74. The fraction of sp³-hybridized carbons (Fsp3) is 0.259. The molecule has 1 N–H and O–H groups in total. The first-order valence-corrected chi connectivity index (χ1v) is 11.4. The van der Waals surface area contributed by atoms with Gasteiger partial charge in [0.15, 0.2) is 5.58 Å². The molecule has 1 aliphatic rings. The first kappa shape index (κ1) is 21.1. The first-order chi connectivity index (χ1) is 16.1. The second kappa shape index (κ2) is 8.98. The van der Waals surface area contributed by atoms with Crippen LogP contribution in [-0.4, -0.2) is 29.1 Å². The summed E-state index contributed by atoms with van der Waals surface area (Å²) < 4.78 is 11.6. The summed E-state index contributed by atoms with van der Waals surface area (Å²) >= 11 is 0. The van der Waals surface area contributed by atoms with Gasteiger partial charge in [0.25, 0.3) is 0 Å². The van der Waals surface area contributed by atoms with E-state index in [1.165, 1.54) is 11.1 Å². The summed E-state index contributed by atoms with van der Waals surface area (Å²) in [6.45, 7) is 5.32. The third kappa shape index (κ3) is 4.29. The Hall–Kier alpha value is -3.80. The Morgan fingerprint density at radius 1 is 1.15 bits per heavy atom. The molecule has 0 aliphatic carbocycles. The van der Waals surface area contributed by atoms with Crippen LogP contribution in [0, 0.1) is 6.92 Å². The number of hydrogen-bond donors (Lipinski definition) is 1. The molecule has 1 fully saturated rings. The molecule has 6 heteroatoms. The minimum Gasteiger partial charge on any atom is -0.494 e. The lowest BCUT2D eigenvalue weighted by Crippen LogP contribution is -2.34. The van der Waals surface area contributed by atoms with Crippen LogP contribution in [0.4, 0.5) is 10.5 Å². The van der Waals surface area contributed by atoms with Gasteiger partial charge in [-0.2, -0.15) is 0 Å². The van der Waals surface area contributed by atoms with Gasteiger partial charge in [0.1, 0.15) is 17.3 Å². The van der Waals surface area contributed by atoms with E-state index >= 15 is 0 Å². The molecule has 3 aromatic carbocycles. The van der Waals surface area contributed by atoms with Crippen LogP contribution in [0.25, 0.3) is 22.2 Å². The van der Waals surface area contributed by atoms with E-state index in [4.69, 9.17) is 14.1 Å². The van der Waals surface area contributed by atoms with Crippen LogP contribution in [0.3, 0.4) is 0 Å². The number of nitrogens with one attached hydrogen (secondary N) is 1. The molecule has 1 saturated heterocycles. The van der Waals surface area contributed by atoms with Crippen LogP contribution in [0.1, 0.15) is 37.3 Å². The minimum absolute atomic E-state index is 0.149. The van der Waals surface area contributed by atoms with Crippen LogP contribution >= 0.6 is 0 Å². The first-order valence-electron chi connectivity index (χ1n) is 11.4. The van der Waals surface area contributed by atoms with E-state index in [1.54, 1.807) is 0 Å². The molecule has 5 rings (SSSR count). The lowest BCUT2D eigenvalue weighted by Gasteiger charge is -2.22. The number of anilines is 1. The van der Waals surface area contributed by atoms with Gasteiger partial charge < -0.3 is 19.4 Å². The molecule has 2 heterocycles. The largest absolute Gasteiger partial charge is 0.494 e. The molecule has 2 amide bonds. The van der Waals surface area contributed by atoms with Gasteiger partial charge in [-0.05, 0) is 79.8 Å². The van der Waals surface area contributed by atoms with E-state index in [0.29, 0.717) is 19.0 Å². The zero-order valence-electron chi connectivity index (χ0n) is 18.9. The lowest BCUT2D eigenvalue weighted by atomic mass is 10.0. The average Bonchev–Trinajstić information content (AvgIpc) is 3.47. The van der Waals surface area contributed by atoms with Gasteiger partial charge in [0, 0.05) is 12.2 Å². The van der Waals surface area contributed by atoms with Crippen molar-refractivity contribution in [2.45, 2.75) is 32.7 Å². The predicted octanol–water partition coefficient (Wildman–Crippen LogP) is 6.57. The highest BCUT2D eigenvalue weighted by Crippen LogP contribution is 2.35. The van der Waals surface area contributed by atoms with E-state index < -0.39 is 0 Å². The average molecular weight is 442 g/mol. The van der Waals surface area contributed by atoms with Crippen LogP contribution in [-0.2, 0) is 0 Å². The number of ether oxygens (including phenoxy) is 1. The van der Waals surface area contributed by atoms with E-state index in [2.05, 4.69) is 36.5 Å². The number of aromatic nitrogens is 1. The van der Waals surface area contributed by atoms with Crippen molar-refractivity contribution in [2.24, 2.45) is 0 Å². The van der Waals surface area contributed by atoms with Crippen molar-refractivity contribution < 1.29 is 13.9 Å². The molecular weight excluding hydrogens is 414 g/mol. The molecule has 1 aromatic heterocycles. The fourth-order valence-corrected chi connectivity index (χ4v) is 4.42. The third-order valence-corrected chi connectivity index (χ3v) is 6.08. The van der Waals surface area contributed by atoms with Crippen LogP contribution in [0.5, 0.6) is 5.75 Å². The molecule has 0 radical (unpaired) electrons. The maximum absolute atomic E-state index is 13.0. The molecule has 168 valence electrons. The monoisotopic (exact) mass is 441 g/mol. The van der Waals surface area contributed by atoms with Crippen molar-refractivity contribution >= 4 is 22.8 Å². The highest BCUT2D eigenvalue weighted by molar-refractivity contribution is 5.90. The standard InChI is InChI=1S/C27H27N3O3/c1-3-32-21-13-11-20(12-14-21)28-27(31)30-16-6-9-24(30)26-29-23-17-19(10-15-25(23)33-26)22-8-5-4-7-18(22)2/h4-5,7-8,10-15,17,24H,3,6,9,16H2,1-2H3,(H,28,31)/t24-/m0/s1. The molecule has 0 saturated carbocycles. The molecule has 0 unspecified atom stereocenters. The maximum Gasteiger partial charge on any atom is 0.322 e. The van der Waals surface area contributed by atoms with Gasteiger partial charge in [-0.25, -0.2) is 9.78 Å². The molecule has 6 nitrogen and oxygen atoms in total. The number of aryl methyl sites for hydroxylation is 1. The molecule has 33 heavy (non-hydrogen) atoms. The molecule has 4 aromatic rings. The molecule has 0 bridgehead atoms. The summed E-state index contributed by atoms with van der Waals surface area (Å²) in [4.78, 5) is 19.6. The van der Waals surface area contributed by atoms with Crippen LogP contribution in [0.15, 0.2) is 71.1 Å². The molecule has 1 aliphatic heterocycles. The second-order valence-corrected chi connectivity index (χ2v) is 8.29. The second-order valence-electron chi connectivity index (χ2n) is 8.29. The van der Waals surface area contributed by atoms with Crippen molar-refractivity contribution in [1.82, 2.24) is 9.88 Å². The van der Waals surface area contributed by atoms with Gasteiger partial charge >= 0.3 is 6.03 Å². The zero-order chi connectivity index (χ0) is 22.8. The highest BCUT2D eigenvalue weighted by Gasteiger charge is 2.33. The number of fused-ring (bicyclic) bond motifs is 1. The number of carbonyl (C=O) groups excluding carboxylic acids is 1. The number of benzene rings is 3. The van der Waals surface area contributed by atoms with E-state index in [-0.39, 0.29) is 12.1 Å². The third-order valence-electron chi connectivity index (χ3n) is 6.08. The van der Waals surface area contributed by atoms with E-state index in [9.17, 15) is 4.79 Å². The number of amides is 2. The topological polar surface area (TPSA) is 67.6 Å². The molecular formula is C27H27N3O3. The summed E-state index contributed by atoms with van der Waals surface area (Å²) in [5.74, 6) is 1.37. The van der Waals surface area contributed by atoms with Gasteiger partial charge in [-0.15, -0.1) is 0 Å².